The van der Waals surface area contributed by atoms with Gasteiger partial charge in [0.1, 0.15) is 54.6 Å². The molecule has 57 heavy (non-hydrogen) atoms. The van der Waals surface area contributed by atoms with E-state index in [-0.39, 0.29) is 29.4 Å². The second kappa shape index (κ2) is 15.4. The van der Waals surface area contributed by atoms with E-state index in [1.165, 1.54) is 28.1 Å². The van der Waals surface area contributed by atoms with Crippen LogP contribution in [0, 0.1) is 0 Å². The Morgan fingerprint density at radius 2 is 1.68 bits per heavy atom. The molecule has 4 aromatic rings. The number of imidazole rings is 1. The van der Waals surface area contributed by atoms with Crippen molar-refractivity contribution in [2.24, 2.45) is 0 Å². The van der Waals surface area contributed by atoms with Crippen molar-refractivity contribution >= 4 is 73.4 Å². The van der Waals surface area contributed by atoms with Crippen molar-refractivity contribution in [1.82, 2.24) is 33.6 Å². The molecule has 8 rings (SSSR count). The van der Waals surface area contributed by atoms with Gasteiger partial charge in [0.15, 0.2) is 38.1 Å². The zero-order valence-electron chi connectivity index (χ0n) is 31.7. The zero-order chi connectivity index (χ0) is 40.7. The Hall–Kier alpha value is -2.18. The van der Waals surface area contributed by atoms with Gasteiger partial charge >= 0.3 is 13.4 Å². The van der Waals surface area contributed by atoms with Gasteiger partial charge in [-0.2, -0.15) is 0 Å². The number of aromatic nitrogens is 7. The van der Waals surface area contributed by atoms with Gasteiger partial charge in [-0.05, 0) is 60.2 Å². The van der Waals surface area contributed by atoms with Crippen LogP contribution in [0.3, 0.4) is 0 Å². The van der Waals surface area contributed by atoms with Crippen molar-refractivity contribution in [2.75, 3.05) is 31.7 Å². The molecule has 4 aliphatic heterocycles. The average molecular weight is 891 g/mol. The second-order valence-electron chi connectivity index (χ2n) is 15.9. The number of hydrogen-bond acceptors (Lipinski definition) is 16. The Labute approximate surface area is 337 Å². The quantitative estimate of drug-likeness (QED) is 0.161. The van der Waals surface area contributed by atoms with Gasteiger partial charge in [-0.15, -0.1) is 0 Å². The molecule has 0 aromatic carbocycles. The summed E-state index contributed by atoms with van der Waals surface area (Å²) in [5.74, 6) is 0.628. The van der Waals surface area contributed by atoms with E-state index >= 15 is 4.39 Å². The predicted octanol–water partition coefficient (Wildman–Crippen LogP) is 3.16. The van der Waals surface area contributed by atoms with Gasteiger partial charge in [-0.1, -0.05) is 20.8 Å². The fraction of sp³-hybridized carbons (Fsp3) is 0.656. The summed E-state index contributed by atoms with van der Waals surface area (Å²) in [5.41, 5.74) is 0.948. The summed E-state index contributed by atoms with van der Waals surface area (Å²) in [6.07, 6.45) is -3.23. The maximum absolute atomic E-state index is 16.8. The zero-order valence-corrected chi connectivity index (χ0v) is 36.1. The molecule has 4 aliphatic rings. The molecule has 0 saturated carbocycles. The van der Waals surface area contributed by atoms with Crippen LogP contribution < -0.4 is 10.9 Å². The van der Waals surface area contributed by atoms with Crippen LogP contribution in [-0.4, -0.2) is 120 Å². The molecule has 0 amide bonds. The lowest BCUT2D eigenvalue weighted by Gasteiger charge is -2.40. The predicted molar refractivity (Wildman–Crippen MR) is 213 cm³/mol. The number of anilines is 1. The van der Waals surface area contributed by atoms with Gasteiger partial charge in [0.25, 0.3) is 5.56 Å². The third-order valence-electron chi connectivity index (χ3n) is 11.1. The summed E-state index contributed by atoms with van der Waals surface area (Å²) in [7, 11) is -2.68. The molecule has 10 atom stereocenters. The highest BCUT2D eigenvalue weighted by atomic mass is 32.5. The fourth-order valence-electron chi connectivity index (χ4n) is 7.28. The molecular formula is C32H45FN8O11P2S2Si. The third-order valence-corrected chi connectivity index (χ3v) is 18.7. The van der Waals surface area contributed by atoms with E-state index in [4.69, 9.17) is 55.6 Å². The lowest BCUT2D eigenvalue weighted by molar-refractivity contribution is -0.0601. The van der Waals surface area contributed by atoms with E-state index < -0.39 is 89.7 Å². The summed E-state index contributed by atoms with van der Waals surface area (Å²) in [4.78, 5) is 54.0. The summed E-state index contributed by atoms with van der Waals surface area (Å²) in [5, 5.41) is 13.2. The Morgan fingerprint density at radius 3 is 2.40 bits per heavy atom. The maximum atomic E-state index is 16.8. The molecule has 312 valence electrons. The van der Waals surface area contributed by atoms with E-state index in [0.29, 0.717) is 17.9 Å². The number of fused-ring (bicyclic) bond motifs is 4. The molecule has 2 unspecified atom stereocenters. The average Bonchev–Trinajstić information content (AvgIpc) is 3.85. The lowest BCUT2D eigenvalue weighted by Crippen LogP contribution is -2.50. The van der Waals surface area contributed by atoms with Crippen LogP contribution >= 0.6 is 13.4 Å². The number of hydrogen-bond donors (Lipinski definition) is 4. The van der Waals surface area contributed by atoms with Crippen LogP contribution in [0.5, 0.6) is 0 Å². The number of nitrogens with one attached hydrogen (secondary N) is 1. The highest BCUT2D eigenvalue weighted by molar-refractivity contribution is 8.07. The van der Waals surface area contributed by atoms with Crippen LogP contribution in [0.15, 0.2) is 30.0 Å². The Balaban J connectivity index is 1.15. The Bertz CT molecular complexity index is 2330. The minimum Gasteiger partial charge on any atom is -0.408 e. The van der Waals surface area contributed by atoms with E-state index in [1.54, 1.807) is 10.8 Å². The normalized spacial score (nSPS) is 34.0. The van der Waals surface area contributed by atoms with Gasteiger partial charge in [0.05, 0.1) is 38.1 Å². The van der Waals surface area contributed by atoms with Gasteiger partial charge < -0.3 is 47.7 Å². The Morgan fingerprint density at radius 1 is 0.982 bits per heavy atom. The van der Waals surface area contributed by atoms with Crippen LogP contribution in [0.4, 0.5) is 10.2 Å². The topological polar surface area (TPSA) is 221 Å². The van der Waals surface area contributed by atoms with Crippen LogP contribution in [-0.2, 0) is 68.6 Å². The third kappa shape index (κ3) is 7.83. The number of rotatable bonds is 6. The molecule has 4 N–H and O–H groups in total. The molecule has 8 heterocycles. The summed E-state index contributed by atoms with van der Waals surface area (Å²) in [6.45, 7) is 1.07. The van der Waals surface area contributed by atoms with Crippen LogP contribution in [0.25, 0.3) is 22.2 Å². The van der Waals surface area contributed by atoms with E-state index in [2.05, 4.69) is 25.3 Å². The van der Waals surface area contributed by atoms with Crippen molar-refractivity contribution in [3.05, 3.63) is 41.1 Å². The minimum absolute atomic E-state index is 0.00736. The summed E-state index contributed by atoms with van der Waals surface area (Å²) >= 11 is 11.1. The number of ether oxygens (including phenoxy) is 2. The smallest absolute Gasteiger partial charge is 0.325 e. The van der Waals surface area contributed by atoms with Gasteiger partial charge in [-0.3, -0.25) is 23.0 Å². The largest absolute Gasteiger partial charge is 0.408 e. The first-order valence-corrected chi connectivity index (χ1v) is 26.5. The van der Waals surface area contributed by atoms with Crippen molar-refractivity contribution in [3.63, 3.8) is 0 Å². The van der Waals surface area contributed by atoms with Crippen LogP contribution in [0.2, 0.25) is 18.1 Å². The molecular weight excluding hydrogens is 846 g/mol. The lowest BCUT2D eigenvalue weighted by atomic mass is 10.1. The highest BCUT2D eigenvalue weighted by Crippen LogP contribution is 2.55. The number of nitrogens with zero attached hydrogens (tertiary/aromatic N) is 7. The minimum atomic E-state index is -4.28. The summed E-state index contributed by atoms with van der Waals surface area (Å²) in [6, 6.07) is 0. The molecule has 19 nitrogen and oxygen atoms in total. The SMILES string of the molecule is CC(C)(C)[Si](C)(C)O[C@H]1[C@H]2OP(O)(=S)OC[C@H]3O[C@@H](n4cc5c6c(ncnc64)NCCC5)[C@H](F)[C@@H]3OP(O)(=S)OC[C@H]1O[C@H]2n1cnc2c(=O)n(CCO)cnc21. The molecule has 3 fully saturated rings. The van der Waals surface area contributed by atoms with Crippen molar-refractivity contribution in [2.45, 2.75) is 107 Å². The summed E-state index contributed by atoms with van der Waals surface area (Å²) < 4.78 is 64.7. The monoisotopic (exact) mass is 890 g/mol. The first kappa shape index (κ1) is 41.5. The maximum Gasteiger partial charge on any atom is 0.325 e. The number of aryl methyl sites for hydroxylation is 1. The van der Waals surface area contributed by atoms with Gasteiger partial charge in [0.2, 0.25) is 0 Å². The fourth-order valence-corrected chi connectivity index (χ4v) is 11.4. The molecule has 25 heteroatoms. The molecule has 2 bridgehead atoms. The first-order chi connectivity index (χ1) is 26.9. The van der Waals surface area contributed by atoms with E-state index in [1.807, 2.05) is 33.9 Å². The molecule has 3 saturated heterocycles. The first-order valence-electron chi connectivity index (χ1n) is 18.4. The molecule has 4 aromatic heterocycles. The van der Waals surface area contributed by atoms with Gasteiger partial charge in [-0.25, -0.2) is 24.3 Å². The van der Waals surface area contributed by atoms with Crippen LogP contribution in [0.1, 0.15) is 45.2 Å². The number of aliphatic hydroxyl groups is 1. The molecule has 0 aliphatic carbocycles. The van der Waals surface area contributed by atoms with E-state index in [0.717, 1.165) is 23.9 Å². The van der Waals surface area contributed by atoms with Crippen molar-refractivity contribution < 1.29 is 51.3 Å². The second-order valence-corrected chi connectivity index (χ2v) is 26.2. The number of alkyl halides is 1. The highest BCUT2D eigenvalue weighted by Gasteiger charge is 2.56. The van der Waals surface area contributed by atoms with Crippen molar-refractivity contribution in [3.8, 4) is 0 Å². The number of halogens is 1. The number of aliphatic hydroxyl groups excluding tert-OH is 1. The standard InChI is InChI=1S/C32H45FN8O11P2S2Si/c1-32(2,3)57(4,5)52-24-19-13-47-53(44,55)50-23-18(48-30(21(23)33)40-11-17-7-6-8-34-26-20(17)27(40)36-14-35-26)12-46-54(45,56)51-25(24)31(49-19)41-16-37-22-28(41)38-15-39(9-10-42)29(22)43/h11,14-16,18-19,21,23-25,30-31,42H,6-10,12-13H2,1-5H3,(H,44,55)(H,45,56)(H,34,35,36)/t18-,19-,21-,23-,24-,25-,30-,31-,53?,54?/m1/s1. The molecule has 0 radical (unpaired) electrons. The van der Waals surface area contributed by atoms with Crippen molar-refractivity contribution in [1.29, 1.82) is 0 Å². The Kier molecular flexibility index (Phi) is 11.2. The van der Waals surface area contributed by atoms with E-state index in [9.17, 15) is 19.7 Å². The molecule has 0 spiro atoms. The van der Waals surface area contributed by atoms with Gasteiger partial charge in [0, 0.05) is 12.7 Å².